The third-order valence-corrected chi connectivity index (χ3v) is 27.9. The first-order chi connectivity index (χ1) is 40.3. The molecule has 81 heavy (non-hydrogen) atoms. The van der Waals surface area contributed by atoms with E-state index in [0.717, 1.165) is 42.4 Å². The summed E-state index contributed by atoms with van der Waals surface area (Å²) in [4.78, 5) is 17.0. The van der Waals surface area contributed by atoms with Gasteiger partial charge >= 0.3 is 5.97 Å². The van der Waals surface area contributed by atoms with Crippen LogP contribution in [0.5, 0.6) is 11.5 Å². The molecule has 1 saturated heterocycles. The van der Waals surface area contributed by atoms with E-state index in [1.165, 1.54) is 65.3 Å². The zero-order chi connectivity index (χ0) is 48.7. The summed E-state index contributed by atoms with van der Waals surface area (Å²) < 4.78 is 19.6. The highest BCUT2D eigenvalue weighted by Crippen LogP contribution is 2.92. The molecule has 1 aliphatic heterocycles. The van der Waals surface area contributed by atoms with Crippen LogP contribution in [0.3, 0.4) is 0 Å². The van der Waals surface area contributed by atoms with Crippen LogP contribution in [0.4, 0.5) is 0 Å². The monoisotopic (exact) mass is 1000 g/mol. The minimum atomic E-state index is -0.611. The van der Waals surface area contributed by atoms with Crippen LogP contribution in [-0.4, -0.2) is 18.9 Å². The second-order valence-corrected chi connectivity index (χ2v) is 28.8. The maximum absolute atomic E-state index is 17.0. The van der Waals surface area contributed by atoms with Crippen molar-refractivity contribution in [3.05, 3.63) is 58.7 Å². The Morgan fingerprint density at radius 3 is 0.827 bits per heavy atom. The smallest absolute Gasteiger partial charge is 0.316 e. The fourth-order valence-electron chi connectivity index (χ4n) is 27.2. The Bertz CT molecular complexity index is 7500. The Labute approximate surface area is 443 Å². The summed E-state index contributed by atoms with van der Waals surface area (Å²) in [5.74, 6) is 0.960. The molecule has 0 radical (unpaired) electrons. The van der Waals surface area contributed by atoms with Gasteiger partial charge in [-0.3, -0.25) is 4.79 Å². The number of fused-ring (bicyclic) bond motifs is 1. The number of benzene rings is 20. The summed E-state index contributed by atoms with van der Waals surface area (Å²) in [6, 6.07) is 12.6. The first-order valence-corrected chi connectivity index (χ1v) is 30.1. The Balaban J connectivity index is 0.870. The summed E-state index contributed by atoms with van der Waals surface area (Å²) in [5, 5.41) is 87.0. The Morgan fingerprint density at radius 1 is 0.321 bits per heavy atom. The fraction of sp³-hybridized carbons (Fsp3) is 0.104. The van der Waals surface area contributed by atoms with Crippen LogP contribution in [0.1, 0.15) is 41.5 Å². The van der Waals surface area contributed by atoms with E-state index in [0.29, 0.717) is 5.75 Å². The van der Waals surface area contributed by atoms with Crippen molar-refractivity contribution in [1.29, 1.82) is 0 Å². The molecule has 5 aliphatic carbocycles. The van der Waals surface area contributed by atoms with Crippen LogP contribution in [-0.2, 0) is 20.4 Å². The summed E-state index contributed by atoms with van der Waals surface area (Å²) in [6.07, 6.45) is 2.90. The topological polar surface area (TPSA) is 44.8 Å². The Kier molecular flexibility index (Phi) is 3.01. The van der Waals surface area contributed by atoms with Crippen molar-refractivity contribution < 1.29 is 19.0 Å². The zero-order valence-electron chi connectivity index (χ0n) is 41.6. The molecular formula is C77H16O4. The van der Waals surface area contributed by atoms with E-state index < -0.39 is 16.7 Å². The lowest BCUT2D eigenvalue weighted by atomic mass is 9.68. The van der Waals surface area contributed by atoms with Gasteiger partial charge in [-0.15, -0.1) is 0 Å². The summed E-state index contributed by atoms with van der Waals surface area (Å²) in [5.41, 5.74) is 4.86. The largest absolute Gasteiger partial charge is 0.465 e. The molecule has 0 aromatic heterocycles. The molecule has 1 saturated carbocycles. The highest BCUT2D eigenvalue weighted by Gasteiger charge is 2.89. The molecule has 36 rings (SSSR count). The molecule has 2 fully saturated rings. The second-order valence-electron chi connectivity index (χ2n) is 28.8. The van der Waals surface area contributed by atoms with Crippen LogP contribution in [0.25, 0.3) is 302 Å². The predicted octanol–water partition coefficient (Wildman–Crippen LogP) is 19.6. The van der Waals surface area contributed by atoms with Gasteiger partial charge in [-0.25, -0.2) is 0 Å². The lowest BCUT2D eigenvalue weighted by Crippen LogP contribution is -2.27. The minimum absolute atomic E-state index is 0.0567. The summed E-state index contributed by atoms with van der Waals surface area (Å²) in [6.45, 7) is 0.745. The Morgan fingerprint density at radius 2 is 0.568 bits per heavy atom. The van der Waals surface area contributed by atoms with Crippen molar-refractivity contribution in [1.82, 2.24) is 0 Å². The number of ether oxygens (including phenoxy) is 3. The molecule has 1 atom stereocenters. The summed E-state index contributed by atoms with van der Waals surface area (Å²) >= 11 is 0. The van der Waals surface area contributed by atoms with Gasteiger partial charge in [-0.05, 0) is 361 Å². The van der Waals surface area contributed by atoms with Gasteiger partial charge in [0.05, 0.1) is 23.4 Å². The van der Waals surface area contributed by atoms with Gasteiger partial charge in [0.25, 0.3) is 0 Å². The number of hydrogen-bond donors (Lipinski definition) is 0. The second kappa shape index (κ2) is 7.66. The third kappa shape index (κ3) is 1.91. The van der Waals surface area contributed by atoms with E-state index in [4.69, 9.17) is 14.2 Å². The first-order valence-electron chi connectivity index (χ1n) is 30.1. The molecule has 0 bridgehead atoms. The number of rotatable bonds is 4. The van der Waals surface area contributed by atoms with Gasteiger partial charge in [-0.1, -0.05) is 12.1 Å². The molecule has 0 N–H and O–H groups in total. The molecule has 4 nitrogen and oxygen atoms in total. The molecule has 2 spiro atoms. The SMILES string of the molecule is O=C(Oc1ccc2cc(OC3CCCCO3)ccc2c1)C1C23c4c5c6c7c8c9c(c%10c%11c2c2c4c4c%12c5c5c6c6c8c8c%13c9c9c%10c%10c%11c%11c2c2c4c4c%12c%12c5c5c6c8c6c8c%13c9c9c%10c%10c%11c2c2c4c4c%12c5c6c5c8c9c%10c2c45)C713. The molecule has 1 heterocycles. The van der Waals surface area contributed by atoms with E-state index >= 15 is 4.79 Å². The van der Waals surface area contributed by atoms with Crippen LogP contribution >= 0.6 is 0 Å². The van der Waals surface area contributed by atoms with E-state index in [1.807, 2.05) is 0 Å². The number of carbonyl (C=O) groups is 1. The average Bonchev–Trinajstić information content (AvgIpc) is 1.45. The molecule has 1 unspecified atom stereocenters. The van der Waals surface area contributed by atoms with Crippen molar-refractivity contribution in [3.63, 3.8) is 0 Å². The number of esters is 1. The lowest BCUT2D eigenvalue weighted by Gasteiger charge is -2.32. The van der Waals surface area contributed by atoms with Crippen LogP contribution in [0, 0.1) is 5.92 Å². The van der Waals surface area contributed by atoms with Crippen LogP contribution in [0.2, 0.25) is 0 Å². The van der Waals surface area contributed by atoms with Gasteiger partial charge < -0.3 is 14.2 Å². The molecule has 6 aliphatic rings. The molecular weight excluding hydrogens is 989 g/mol. The Hall–Kier alpha value is -9.61. The van der Waals surface area contributed by atoms with Crippen molar-refractivity contribution in [3.8, 4) is 11.5 Å². The molecule has 30 aromatic carbocycles. The quantitative estimate of drug-likeness (QED) is 0.100. The maximum atomic E-state index is 17.0. The first kappa shape index (κ1) is 31.8. The van der Waals surface area contributed by atoms with Gasteiger partial charge in [0.1, 0.15) is 11.5 Å². The lowest BCUT2D eigenvalue weighted by molar-refractivity contribution is -0.136. The van der Waals surface area contributed by atoms with Crippen LogP contribution in [0.15, 0.2) is 36.4 Å². The normalized spacial score (nSPS) is 23.7. The maximum Gasteiger partial charge on any atom is 0.316 e. The van der Waals surface area contributed by atoms with E-state index in [-0.39, 0.29) is 12.3 Å². The fourth-order valence-corrected chi connectivity index (χ4v) is 27.2. The summed E-state index contributed by atoms with van der Waals surface area (Å²) in [7, 11) is 0. The minimum Gasteiger partial charge on any atom is -0.465 e. The van der Waals surface area contributed by atoms with Gasteiger partial charge in [0.15, 0.2) is 6.29 Å². The highest BCUT2D eigenvalue weighted by molar-refractivity contribution is 6.82. The molecule has 0 amide bonds. The third-order valence-electron chi connectivity index (χ3n) is 27.9. The van der Waals surface area contributed by atoms with Crippen LogP contribution < -0.4 is 9.47 Å². The molecule has 4 heteroatoms. The van der Waals surface area contributed by atoms with E-state index in [9.17, 15) is 0 Å². The van der Waals surface area contributed by atoms with Gasteiger partial charge in [0, 0.05) is 6.42 Å². The van der Waals surface area contributed by atoms with Crippen molar-refractivity contribution in [2.24, 2.45) is 5.92 Å². The van der Waals surface area contributed by atoms with Crippen molar-refractivity contribution >= 4 is 308 Å². The number of hydrogen-bond acceptors (Lipinski definition) is 4. The highest BCUT2D eigenvalue weighted by atomic mass is 16.7. The molecule has 348 valence electrons. The van der Waals surface area contributed by atoms with Gasteiger partial charge in [-0.2, -0.15) is 0 Å². The zero-order valence-corrected chi connectivity index (χ0v) is 41.6. The van der Waals surface area contributed by atoms with E-state index in [2.05, 4.69) is 36.4 Å². The van der Waals surface area contributed by atoms with Crippen molar-refractivity contribution in [2.45, 2.75) is 36.4 Å². The standard InChI is InChI=1S/C77H16O4/c78-75(81-14-7-5-11-9-13(6-4-12(11)10-14)80-15-3-1-2-8-79-15)74-76-70-62-54-44-34-26-18-16-17-20-24-22(18)30-38-32(24)42-36-28(20)29-21(17)25-23-19(16)27(26)35-41-31(23)39-33(25)43-37(29)47-46(36)56-50(42)60-52(38)58(48(54)40(30)34)66(70)68(60)72-64(56)65-57(47)51(43)61-53(39)59-49(41)55(45(35)44)63(62)71(76)67(59)69(61)73(65)77(72,74)76/h4-7,9-10,15,74H,1-3,8H2. The molecule has 30 aromatic rings. The van der Waals surface area contributed by atoms with Crippen molar-refractivity contribution in [2.75, 3.05) is 6.61 Å². The van der Waals surface area contributed by atoms with Gasteiger partial charge in [0.2, 0.25) is 0 Å². The number of carbonyl (C=O) groups excluding carboxylic acids is 1. The average molecular weight is 1000 g/mol. The predicted molar refractivity (Wildman–Crippen MR) is 331 cm³/mol. The van der Waals surface area contributed by atoms with E-state index in [1.54, 1.807) is 248 Å².